The fraction of sp³-hybridized carbons (Fsp3) is 0.429. The minimum absolute atomic E-state index is 0.119. The van der Waals surface area contributed by atoms with Crippen molar-refractivity contribution in [1.82, 2.24) is 0 Å². The van der Waals surface area contributed by atoms with Gasteiger partial charge in [0.2, 0.25) is 0 Å². The van der Waals surface area contributed by atoms with Crippen molar-refractivity contribution in [3.8, 4) is 16.9 Å². The fourth-order valence-electron chi connectivity index (χ4n) is 5.58. The molecule has 2 aliphatic carbocycles. The quantitative estimate of drug-likeness (QED) is 0.444. The summed E-state index contributed by atoms with van der Waals surface area (Å²) in [5, 5.41) is 0. The van der Waals surface area contributed by atoms with Crippen molar-refractivity contribution in [2.24, 2.45) is 17.8 Å². The average molecular weight is 405 g/mol. The van der Waals surface area contributed by atoms with E-state index in [0.717, 1.165) is 29.1 Å². The Morgan fingerprint density at radius 2 is 1.77 bits per heavy atom. The van der Waals surface area contributed by atoms with Crippen molar-refractivity contribution in [2.75, 3.05) is 6.61 Å². The van der Waals surface area contributed by atoms with Crippen molar-refractivity contribution >= 4 is 0 Å². The summed E-state index contributed by atoms with van der Waals surface area (Å²) >= 11 is 0. The summed E-state index contributed by atoms with van der Waals surface area (Å²) in [6.45, 7) is 6.26. The van der Waals surface area contributed by atoms with Crippen LogP contribution in [0, 0.1) is 23.6 Å². The third-order valence-electron chi connectivity index (χ3n) is 7.12. The van der Waals surface area contributed by atoms with Crippen LogP contribution in [0.1, 0.15) is 56.9 Å². The van der Waals surface area contributed by atoms with Gasteiger partial charge in [-0.2, -0.15) is 0 Å². The second kappa shape index (κ2) is 9.64. The van der Waals surface area contributed by atoms with Crippen LogP contribution in [-0.4, -0.2) is 6.61 Å². The molecule has 2 saturated carbocycles. The number of benzene rings is 2. The Bertz CT molecular complexity index is 882. The Balaban J connectivity index is 1.43. The number of allylic oxidation sites excluding steroid dienone is 2. The lowest BCUT2D eigenvalue weighted by Crippen LogP contribution is -2.30. The molecular formula is C28H33FO. The molecule has 1 nitrogen and oxygen atoms in total. The van der Waals surface area contributed by atoms with Gasteiger partial charge in [0.1, 0.15) is 18.2 Å². The van der Waals surface area contributed by atoms with E-state index in [9.17, 15) is 0 Å². The topological polar surface area (TPSA) is 9.23 Å². The van der Waals surface area contributed by atoms with E-state index in [2.05, 4.69) is 31.7 Å². The van der Waals surface area contributed by atoms with E-state index in [1.165, 1.54) is 44.1 Å². The van der Waals surface area contributed by atoms with Crippen molar-refractivity contribution in [1.29, 1.82) is 0 Å². The second-order valence-electron chi connectivity index (χ2n) is 8.99. The first-order valence-electron chi connectivity index (χ1n) is 11.4. The van der Waals surface area contributed by atoms with Crippen LogP contribution >= 0.6 is 0 Å². The molecule has 0 radical (unpaired) electrons. The van der Waals surface area contributed by atoms with Crippen LogP contribution in [0.25, 0.3) is 11.1 Å². The normalized spacial score (nSPS) is 26.3. The molecular weight excluding hydrogens is 371 g/mol. The van der Waals surface area contributed by atoms with E-state index in [1.54, 1.807) is 12.1 Å². The van der Waals surface area contributed by atoms with Gasteiger partial charge in [0, 0.05) is 5.56 Å². The van der Waals surface area contributed by atoms with Crippen LogP contribution < -0.4 is 4.74 Å². The van der Waals surface area contributed by atoms with E-state index in [4.69, 9.17) is 4.74 Å². The van der Waals surface area contributed by atoms with Crippen molar-refractivity contribution in [3.63, 3.8) is 0 Å². The highest BCUT2D eigenvalue weighted by Crippen LogP contribution is 2.48. The average Bonchev–Trinajstić information content (AvgIpc) is 2.78. The SMILES string of the molecule is C=CCOc1ccc(-c2ccc(C3CCC4CC(/C=C/C)CCC4C3)cc2F)cc1. The third-order valence-corrected chi connectivity index (χ3v) is 7.12. The summed E-state index contributed by atoms with van der Waals surface area (Å²) in [6.07, 6.45) is 14.0. The molecule has 0 amide bonds. The molecule has 2 fully saturated rings. The molecule has 2 heteroatoms. The molecule has 0 spiro atoms. The Hall–Kier alpha value is -2.35. The van der Waals surface area contributed by atoms with Gasteiger partial charge in [0.25, 0.3) is 0 Å². The smallest absolute Gasteiger partial charge is 0.131 e. The maximum absolute atomic E-state index is 15.0. The van der Waals surface area contributed by atoms with Gasteiger partial charge in [-0.1, -0.05) is 49.1 Å². The highest BCUT2D eigenvalue weighted by atomic mass is 19.1. The van der Waals surface area contributed by atoms with Gasteiger partial charge < -0.3 is 4.74 Å². The first-order chi connectivity index (χ1) is 14.7. The molecule has 0 heterocycles. The van der Waals surface area contributed by atoms with Gasteiger partial charge in [0.15, 0.2) is 0 Å². The third kappa shape index (κ3) is 4.69. The second-order valence-corrected chi connectivity index (χ2v) is 8.99. The molecule has 158 valence electrons. The van der Waals surface area contributed by atoms with Gasteiger partial charge in [-0.25, -0.2) is 4.39 Å². The van der Waals surface area contributed by atoms with Gasteiger partial charge >= 0.3 is 0 Å². The maximum Gasteiger partial charge on any atom is 0.131 e. The summed E-state index contributed by atoms with van der Waals surface area (Å²) in [5.74, 6) is 3.61. The van der Waals surface area contributed by atoms with Crippen LogP contribution in [0.15, 0.2) is 67.3 Å². The lowest BCUT2D eigenvalue weighted by atomic mass is 9.64. The van der Waals surface area contributed by atoms with Gasteiger partial charge in [-0.05, 0) is 98.4 Å². The molecule has 0 saturated heterocycles. The molecule has 4 rings (SSSR count). The van der Waals surface area contributed by atoms with Crippen molar-refractivity contribution in [2.45, 2.75) is 51.4 Å². The van der Waals surface area contributed by atoms with Gasteiger partial charge in [-0.3, -0.25) is 0 Å². The molecule has 2 aliphatic rings. The summed E-state index contributed by atoms with van der Waals surface area (Å²) in [5.41, 5.74) is 2.72. The molecule has 30 heavy (non-hydrogen) atoms. The van der Waals surface area contributed by atoms with Crippen LogP contribution in [0.5, 0.6) is 5.75 Å². The minimum atomic E-state index is -0.119. The molecule has 0 aliphatic heterocycles. The van der Waals surface area contributed by atoms with E-state index >= 15 is 4.39 Å². The summed E-state index contributed by atoms with van der Waals surface area (Å²) < 4.78 is 20.5. The lowest BCUT2D eigenvalue weighted by molar-refractivity contribution is 0.133. The number of hydrogen-bond acceptors (Lipinski definition) is 1. The monoisotopic (exact) mass is 404 g/mol. The van der Waals surface area contributed by atoms with E-state index in [1.807, 2.05) is 30.3 Å². The van der Waals surface area contributed by atoms with Crippen LogP contribution in [0.4, 0.5) is 4.39 Å². The number of fused-ring (bicyclic) bond motifs is 1. The number of ether oxygens (including phenoxy) is 1. The highest BCUT2D eigenvalue weighted by molar-refractivity contribution is 5.65. The van der Waals surface area contributed by atoms with Crippen molar-refractivity contribution in [3.05, 3.63) is 78.7 Å². The zero-order valence-electron chi connectivity index (χ0n) is 18.0. The predicted molar refractivity (Wildman–Crippen MR) is 123 cm³/mol. The molecule has 2 aromatic rings. The van der Waals surface area contributed by atoms with Crippen LogP contribution in [-0.2, 0) is 0 Å². The Morgan fingerprint density at radius 3 is 2.50 bits per heavy atom. The molecule has 0 aromatic heterocycles. The molecule has 0 bridgehead atoms. The number of rotatable bonds is 6. The van der Waals surface area contributed by atoms with Crippen molar-refractivity contribution < 1.29 is 9.13 Å². The Kier molecular flexibility index (Phi) is 6.72. The standard InChI is InChI=1S/C28H33FO/c1-3-5-20-6-7-23-18-24(9-8-22(23)17-20)25-12-15-27(28(29)19-25)21-10-13-26(14-11-21)30-16-4-2/h3-5,10-15,19-20,22-24H,2,6-9,16-18H2,1H3/b5-3+. The molecule has 2 aromatic carbocycles. The largest absolute Gasteiger partial charge is 0.490 e. The number of hydrogen-bond donors (Lipinski definition) is 0. The predicted octanol–water partition coefficient (Wildman–Crippen LogP) is 7.93. The summed E-state index contributed by atoms with van der Waals surface area (Å²) in [7, 11) is 0. The van der Waals surface area contributed by atoms with Gasteiger partial charge in [0.05, 0.1) is 0 Å². The highest BCUT2D eigenvalue weighted by Gasteiger charge is 2.35. The molecule has 0 N–H and O–H groups in total. The van der Waals surface area contributed by atoms with Crippen LogP contribution in [0.3, 0.4) is 0 Å². The molecule has 4 unspecified atom stereocenters. The lowest BCUT2D eigenvalue weighted by Gasteiger charge is -2.41. The fourth-order valence-corrected chi connectivity index (χ4v) is 5.58. The first kappa shape index (κ1) is 20.9. The maximum atomic E-state index is 15.0. The minimum Gasteiger partial charge on any atom is -0.490 e. The first-order valence-corrected chi connectivity index (χ1v) is 11.4. The summed E-state index contributed by atoms with van der Waals surface area (Å²) in [4.78, 5) is 0. The Morgan fingerprint density at radius 1 is 1.00 bits per heavy atom. The zero-order chi connectivity index (χ0) is 20.9. The molecule has 4 atom stereocenters. The van der Waals surface area contributed by atoms with E-state index in [-0.39, 0.29) is 5.82 Å². The van der Waals surface area contributed by atoms with E-state index in [0.29, 0.717) is 18.1 Å². The zero-order valence-corrected chi connectivity index (χ0v) is 18.0. The number of halogens is 1. The van der Waals surface area contributed by atoms with Crippen LogP contribution in [0.2, 0.25) is 0 Å². The van der Waals surface area contributed by atoms with Gasteiger partial charge in [-0.15, -0.1) is 0 Å². The summed E-state index contributed by atoms with van der Waals surface area (Å²) in [6, 6.07) is 13.5. The van der Waals surface area contributed by atoms with E-state index < -0.39 is 0 Å². The Labute approximate surface area is 180 Å².